The van der Waals surface area contributed by atoms with Crippen molar-refractivity contribution in [1.29, 1.82) is 0 Å². The maximum Gasteiger partial charge on any atom is 0.267 e. The van der Waals surface area contributed by atoms with Gasteiger partial charge < -0.3 is 14.4 Å². The van der Waals surface area contributed by atoms with E-state index in [-0.39, 0.29) is 5.91 Å². The predicted molar refractivity (Wildman–Crippen MR) is 71.3 cm³/mol. The molecule has 2 aliphatic rings. The molecule has 0 spiro atoms. The highest BCUT2D eigenvalue weighted by Gasteiger charge is 2.32. The smallest absolute Gasteiger partial charge is 0.267 e. The van der Waals surface area contributed by atoms with Crippen LogP contribution in [0.15, 0.2) is 24.3 Å². The molecule has 0 bridgehead atoms. The molecule has 0 N–H and O–H groups in total. The molecule has 1 atom stereocenters. The monoisotopic (exact) mass is 261 g/mol. The zero-order valence-electron chi connectivity index (χ0n) is 11.2. The van der Waals surface area contributed by atoms with Gasteiger partial charge in [-0.05, 0) is 30.9 Å². The highest BCUT2D eigenvalue weighted by Crippen LogP contribution is 2.31. The Hall–Kier alpha value is -1.71. The van der Waals surface area contributed by atoms with E-state index in [2.05, 4.69) is 6.92 Å². The molecule has 4 heteroatoms. The fourth-order valence-electron chi connectivity index (χ4n) is 2.57. The van der Waals surface area contributed by atoms with Crippen LogP contribution in [0.2, 0.25) is 0 Å². The molecule has 4 nitrogen and oxygen atoms in total. The second-order valence-corrected chi connectivity index (χ2v) is 5.37. The third kappa shape index (κ3) is 2.53. The number of benzene rings is 1. The standard InChI is InChI=1S/C15H19NO3/c1-11-6-8-16(9-7-11)15(17)14-10-18-12-4-2-3-5-13(12)19-14/h2-5,11,14H,6-10H2,1H3/t14-/m1/s1. The average Bonchev–Trinajstić information content (AvgIpc) is 2.47. The van der Waals surface area contributed by atoms with Gasteiger partial charge >= 0.3 is 0 Å². The van der Waals surface area contributed by atoms with Gasteiger partial charge in [-0.3, -0.25) is 4.79 Å². The number of amides is 1. The summed E-state index contributed by atoms with van der Waals surface area (Å²) in [7, 11) is 0. The normalized spacial score (nSPS) is 23.2. The van der Waals surface area contributed by atoms with Crippen molar-refractivity contribution in [3.8, 4) is 11.5 Å². The number of nitrogens with zero attached hydrogens (tertiary/aromatic N) is 1. The zero-order chi connectivity index (χ0) is 13.2. The third-order valence-corrected chi connectivity index (χ3v) is 3.88. The molecule has 1 fully saturated rings. The summed E-state index contributed by atoms with van der Waals surface area (Å²) in [6.45, 7) is 4.21. The number of hydrogen-bond acceptors (Lipinski definition) is 3. The quantitative estimate of drug-likeness (QED) is 0.777. The molecule has 0 aliphatic carbocycles. The lowest BCUT2D eigenvalue weighted by molar-refractivity contribution is -0.142. The lowest BCUT2D eigenvalue weighted by atomic mass is 9.99. The van der Waals surface area contributed by atoms with E-state index in [1.165, 1.54) is 0 Å². The first kappa shape index (κ1) is 12.3. The first-order valence-electron chi connectivity index (χ1n) is 6.91. The fourth-order valence-corrected chi connectivity index (χ4v) is 2.57. The summed E-state index contributed by atoms with van der Waals surface area (Å²) in [6, 6.07) is 7.49. The predicted octanol–water partition coefficient (Wildman–Crippen LogP) is 2.08. The van der Waals surface area contributed by atoms with Gasteiger partial charge in [0.2, 0.25) is 6.10 Å². The van der Waals surface area contributed by atoms with E-state index >= 15 is 0 Å². The molecule has 102 valence electrons. The van der Waals surface area contributed by atoms with Gasteiger partial charge in [0.1, 0.15) is 6.61 Å². The first-order valence-corrected chi connectivity index (χ1v) is 6.91. The Morgan fingerprint density at radius 3 is 2.63 bits per heavy atom. The lowest BCUT2D eigenvalue weighted by Gasteiger charge is -2.34. The second kappa shape index (κ2) is 5.11. The van der Waals surface area contributed by atoms with Gasteiger partial charge in [-0.15, -0.1) is 0 Å². The molecule has 2 aliphatic heterocycles. The SMILES string of the molecule is CC1CCN(C(=O)[C@H]2COc3ccccc3O2)CC1. The van der Waals surface area contributed by atoms with E-state index in [1.807, 2.05) is 29.2 Å². The maximum absolute atomic E-state index is 12.4. The largest absolute Gasteiger partial charge is 0.485 e. The van der Waals surface area contributed by atoms with Crippen LogP contribution in [-0.4, -0.2) is 36.6 Å². The number of likely N-dealkylation sites (tertiary alicyclic amines) is 1. The molecule has 0 unspecified atom stereocenters. The molecule has 3 rings (SSSR count). The van der Waals surface area contributed by atoms with Gasteiger partial charge in [0, 0.05) is 13.1 Å². The molecular weight excluding hydrogens is 242 g/mol. The number of piperidine rings is 1. The Balaban J connectivity index is 1.66. The fraction of sp³-hybridized carbons (Fsp3) is 0.533. The summed E-state index contributed by atoms with van der Waals surface area (Å²) in [5.41, 5.74) is 0. The molecule has 2 heterocycles. The van der Waals surface area contributed by atoms with E-state index in [4.69, 9.17) is 9.47 Å². The van der Waals surface area contributed by atoms with Gasteiger partial charge in [0.25, 0.3) is 5.91 Å². The number of ether oxygens (including phenoxy) is 2. The van der Waals surface area contributed by atoms with E-state index in [1.54, 1.807) is 0 Å². The van der Waals surface area contributed by atoms with Crippen LogP contribution in [0.3, 0.4) is 0 Å². The van der Waals surface area contributed by atoms with Gasteiger partial charge in [-0.1, -0.05) is 19.1 Å². The summed E-state index contributed by atoms with van der Waals surface area (Å²) in [5, 5.41) is 0. The van der Waals surface area contributed by atoms with Crippen LogP contribution < -0.4 is 9.47 Å². The topological polar surface area (TPSA) is 38.8 Å². The number of carbonyl (C=O) groups is 1. The molecular formula is C15H19NO3. The van der Waals surface area contributed by atoms with Crippen molar-refractivity contribution in [3.63, 3.8) is 0 Å². The van der Waals surface area contributed by atoms with Crippen molar-refractivity contribution in [2.45, 2.75) is 25.9 Å². The van der Waals surface area contributed by atoms with E-state index < -0.39 is 6.10 Å². The Kier molecular flexibility index (Phi) is 3.32. The summed E-state index contributed by atoms with van der Waals surface area (Å²) >= 11 is 0. The van der Waals surface area contributed by atoms with Crippen molar-refractivity contribution in [2.24, 2.45) is 5.92 Å². The van der Waals surface area contributed by atoms with Crippen molar-refractivity contribution in [3.05, 3.63) is 24.3 Å². The zero-order valence-corrected chi connectivity index (χ0v) is 11.2. The van der Waals surface area contributed by atoms with Crippen molar-refractivity contribution in [2.75, 3.05) is 19.7 Å². The Morgan fingerprint density at radius 2 is 1.89 bits per heavy atom. The van der Waals surface area contributed by atoms with Gasteiger partial charge in [-0.25, -0.2) is 0 Å². The van der Waals surface area contributed by atoms with Gasteiger partial charge in [-0.2, -0.15) is 0 Å². The lowest BCUT2D eigenvalue weighted by Crippen LogP contribution is -2.48. The second-order valence-electron chi connectivity index (χ2n) is 5.37. The van der Waals surface area contributed by atoms with Crippen LogP contribution >= 0.6 is 0 Å². The molecule has 1 amide bonds. The van der Waals surface area contributed by atoms with Crippen molar-refractivity contribution < 1.29 is 14.3 Å². The van der Waals surface area contributed by atoms with Crippen molar-refractivity contribution >= 4 is 5.91 Å². The van der Waals surface area contributed by atoms with E-state index in [0.29, 0.717) is 18.3 Å². The van der Waals surface area contributed by atoms with Crippen LogP contribution in [0.5, 0.6) is 11.5 Å². The van der Waals surface area contributed by atoms with Gasteiger partial charge in [0.05, 0.1) is 0 Å². The van der Waals surface area contributed by atoms with Gasteiger partial charge in [0.15, 0.2) is 11.5 Å². The van der Waals surface area contributed by atoms with E-state index in [0.717, 1.165) is 31.7 Å². The van der Waals surface area contributed by atoms with Crippen LogP contribution in [0.1, 0.15) is 19.8 Å². The number of rotatable bonds is 1. The average molecular weight is 261 g/mol. The highest BCUT2D eigenvalue weighted by atomic mass is 16.6. The summed E-state index contributed by atoms with van der Waals surface area (Å²) in [6.07, 6.45) is 1.66. The summed E-state index contributed by atoms with van der Waals surface area (Å²) in [4.78, 5) is 14.3. The van der Waals surface area contributed by atoms with E-state index in [9.17, 15) is 4.79 Å². The van der Waals surface area contributed by atoms with Crippen LogP contribution in [0, 0.1) is 5.92 Å². The van der Waals surface area contributed by atoms with Crippen LogP contribution in [-0.2, 0) is 4.79 Å². The highest BCUT2D eigenvalue weighted by molar-refractivity contribution is 5.82. The van der Waals surface area contributed by atoms with Crippen LogP contribution in [0.4, 0.5) is 0 Å². The molecule has 1 aromatic rings. The Morgan fingerprint density at radius 1 is 1.21 bits per heavy atom. The molecule has 0 saturated carbocycles. The Bertz CT molecular complexity index is 466. The molecule has 19 heavy (non-hydrogen) atoms. The summed E-state index contributed by atoms with van der Waals surface area (Å²) in [5.74, 6) is 2.16. The van der Waals surface area contributed by atoms with Crippen molar-refractivity contribution in [1.82, 2.24) is 4.90 Å². The number of hydrogen-bond donors (Lipinski definition) is 0. The number of carbonyl (C=O) groups excluding carboxylic acids is 1. The van der Waals surface area contributed by atoms with Crippen LogP contribution in [0.25, 0.3) is 0 Å². The minimum Gasteiger partial charge on any atom is -0.485 e. The number of para-hydroxylation sites is 2. The first-order chi connectivity index (χ1) is 9.24. The minimum absolute atomic E-state index is 0.0569. The minimum atomic E-state index is -0.497. The molecule has 1 saturated heterocycles. The maximum atomic E-state index is 12.4. The summed E-state index contributed by atoms with van der Waals surface area (Å²) < 4.78 is 11.4. The number of fused-ring (bicyclic) bond motifs is 1. The molecule has 0 radical (unpaired) electrons. The third-order valence-electron chi connectivity index (χ3n) is 3.88. The molecule has 0 aromatic heterocycles. The Labute approximate surface area is 113 Å². The molecule has 1 aromatic carbocycles.